The first-order chi connectivity index (χ1) is 10.6. The van der Waals surface area contributed by atoms with E-state index < -0.39 is 0 Å². The number of para-hydroxylation sites is 1. The molecular formula is C16H17FN4O. The molecule has 0 atom stereocenters. The summed E-state index contributed by atoms with van der Waals surface area (Å²) in [7, 11) is 0. The minimum absolute atomic E-state index is 0.0758. The second-order valence-electron chi connectivity index (χ2n) is 5.25. The van der Waals surface area contributed by atoms with E-state index in [1.54, 1.807) is 36.4 Å². The number of halogens is 1. The molecule has 1 aliphatic heterocycles. The highest BCUT2D eigenvalue weighted by molar-refractivity contribution is 5.93. The van der Waals surface area contributed by atoms with Gasteiger partial charge in [-0.3, -0.25) is 4.79 Å². The Kier molecular flexibility index (Phi) is 4.00. The molecule has 1 aromatic carbocycles. The molecule has 0 bridgehead atoms. The van der Waals surface area contributed by atoms with Crippen LogP contribution in [0.3, 0.4) is 0 Å². The molecule has 5 nitrogen and oxygen atoms in total. The number of hydrogen-bond donors (Lipinski definition) is 0. The number of nitrogens with zero attached hydrogens (tertiary/aromatic N) is 4. The van der Waals surface area contributed by atoms with Crippen LogP contribution >= 0.6 is 0 Å². The van der Waals surface area contributed by atoms with E-state index in [-0.39, 0.29) is 11.7 Å². The van der Waals surface area contributed by atoms with Gasteiger partial charge in [0.25, 0.3) is 5.91 Å². The fourth-order valence-corrected chi connectivity index (χ4v) is 2.54. The molecule has 1 aliphatic rings. The van der Waals surface area contributed by atoms with Crippen LogP contribution in [0.25, 0.3) is 0 Å². The summed E-state index contributed by atoms with van der Waals surface area (Å²) in [5, 5.41) is 0. The zero-order valence-corrected chi connectivity index (χ0v) is 12.4. The molecule has 114 valence electrons. The van der Waals surface area contributed by atoms with Gasteiger partial charge >= 0.3 is 0 Å². The molecular weight excluding hydrogens is 283 g/mol. The highest BCUT2D eigenvalue weighted by Gasteiger charge is 2.23. The molecule has 0 N–H and O–H groups in total. The average Bonchev–Trinajstić information content (AvgIpc) is 2.56. The van der Waals surface area contributed by atoms with Gasteiger partial charge in [-0.15, -0.1) is 0 Å². The predicted molar refractivity (Wildman–Crippen MR) is 81.3 cm³/mol. The van der Waals surface area contributed by atoms with Crippen LogP contribution in [-0.4, -0.2) is 47.0 Å². The second kappa shape index (κ2) is 6.09. The maximum atomic E-state index is 13.8. The van der Waals surface area contributed by atoms with Crippen LogP contribution in [0, 0.1) is 12.7 Å². The highest BCUT2D eigenvalue weighted by Crippen LogP contribution is 2.20. The normalized spacial score (nSPS) is 15.0. The Bertz CT molecular complexity index is 666. The minimum atomic E-state index is -0.228. The van der Waals surface area contributed by atoms with Crippen molar-refractivity contribution >= 4 is 11.6 Å². The average molecular weight is 300 g/mol. The third kappa shape index (κ3) is 2.90. The Morgan fingerprint density at radius 1 is 1.09 bits per heavy atom. The first kappa shape index (κ1) is 14.4. The summed E-state index contributed by atoms with van der Waals surface area (Å²) in [6.07, 6.45) is 3.10. The fourth-order valence-electron chi connectivity index (χ4n) is 2.54. The molecule has 1 fully saturated rings. The quantitative estimate of drug-likeness (QED) is 0.850. The first-order valence-electron chi connectivity index (χ1n) is 7.22. The first-order valence-corrected chi connectivity index (χ1v) is 7.22. The van der Waals surface area contributed by atoms with Crippen molar-refractivity contribution in [1.82, 2.24) is 14.9 Å². The van der Waals surface area contributed by atoms with Crippen molar-refractivity contribution in [2.75, 3.05) is 31.1 Å². The zero-order valence-electron chi connectivity index (χ0n) is 12.4. The van der Waals surface area contributed by atoms with Crippen molar-refractivity contribution < 1.29 is 9.18 Å². The molecule has 6 heteroatoms. The summed E-state index contributed by atoms with van der Waals surface area (Å²) in [4.78, 5) is 24.2. The van der Waals surface area contributed by atoms with Crippen molar-refractivity contribution in [3.63, 3.8) is 0 Å². The predicted octanol–water partition coefficient (Wildman–Crippen LogP) is 1.89. The van der Waals surface area contributed by atoms with Gasteiger partial charge in [-0.2, -0.15) is 0 Å². The third-order valence-corrected chi connectivity index (χ3v) is 3.79. The van der Waals surface area contributed by atoms with E-state index in [2.05, 4.69) is 9.97 Å². The Morgan fingerprint density at radius 3 is 2.36 bits per heavy atom. The Labute approximate surface area is 128 Å². The number of amides is 1. The number of hydrogen-bond acceptors (Lipinski definition) is 4. The van der Waals surface area contributed by atoms with E-state index in [0.29, 0.717) is 43.3 Å². The monoisotopic (exact) mass is 300 g/mol. The lowest BCUT2D eigenvalue weighted by atomic mass is 10.2. The van der Waals surface area contributed by atoms with Gasteiger partial charge in [-0.1, -0.05) is 12.1 Å². The number of aryl methyl sites for hydroxylation is 1. The lowest BCUT2D eigenvalue weighted by Gasteiger charge is -2.36. The number of piperazine rings is 1. The Morgan fingerprint density at radius 2 is 1.73 bits per heavy atom. The van der Waals surface area contributed by atoms with Gasteiger partial charge in [0.2, 0.25) is 0 Å². The van der Waals surface area contributed by atoms with E-state index >= 15 is 0 Å². The minimum Gasteiger partial charge on any atom is -0.366 e. The summed E-state index contributed by atoms with van der Waals surface area (Å²) in [5.41, 5.74) is 1.08. The van der Waals surface area contributed by atoms with Crippen LogP contribution < -0.4 is 4.90 Å². The van der Waals surface area contributed by atoms with E-state index in [1.807, 2.05) is 11.0 Å². The molecule has 1 amide bonds. The van der Waals surface area contributed by atoms with Crippen LogP contribution in [-0.2, 0) is 0 Å². The molecule has 0 spiro atoms. The standard InChI is InChI=1S/C16H17FN4O/c1-12-18-10-13(11-19-12)16(22)21-8-6-20(7-9-21)15-5-3-2-4-14(15)17/h2-5,10-11H,6-9H2,1H3. The summed E-state index contributed by atoms with van der Waals surface area (Å²) in [6, 6.07) is 6.71. The molecule has 22 heavy (non-hydrogen) atoms. The van der Waals surface area contributed by atoms with Crippen LogP contribution in [0.2, 0.25) is 0 Å². The van der Waals surface area contributed by atoms with E-state index in [9.17, 15) is 9.18 Å². The molecule has 0 aliphatic carbocycles. The van der Waals surface area contributed by atoms with Crippen molar-refractivity contribution in [3.05, 3.63) is 53.9 Å². The third-order valence-electron chi connectivity index (χ3n) is 3.79. The lowest BCUT2D eigenvalue weighted by molar-refractivity contribution is 0.0745. The Hall–Kier alpha value is -2.50. The number of aromatic nitrogens is 2. The van der Waals surface area contributed by atoms with Gasteiger partial charge in [0.15, 0.2) is 0 Å². The van der Waals surface area contributed by atoms with Crippen molar-refractivity contribution in [2.24, 2.45) is 0 Å². The van der Waals surface area contributed by atoms with E-state index in [4.69, 9.17) is 0 Å². The van der Waals surface area contributed by atoms with Gasteiger partial charge in [-0.25, -0.2) is 14.4 Å². The molecule has 2 heterocycles. The maximum absolute atomic E-state index is 13.8. The van der Waals surface area contributed by atoms with E-state index in [1.165, 1.54) is 6.07 Å². The summed E-state index contributed by atoms with van der Waals surface area (Å²) >= 11 is 0. The van der Waals surface area contributed by atoms with Gasteiger partial charge < -0.3 is 9.80 Å². The molecule has 2 aromatic rings. The summed E-state index contributed by atoms with van der Waals surface area (Å²) < 4.78 is 13.8. The smallest absolute Gasteiger partial charge is 0.257 e. The molecule has 0 radical (unpaired) electrons. The number of benzene rings is 1. The lowest BCUT2D eigenvalue weighted by Crippen LogP contribution is -2.49. The zero-order chi connectivity index (χ0) is 15.5. The van der Waals surface area contributed by atoms with Gasteiger partial charge in [0.1, 0.15) is 11.6 Å². The number of carbonyl (C=O) groups is 1. The molecule has 0 unspecified atom stereocenters. The topological polar surface area (TPSA) is 49.3 Å². The second-order valence-corrected chi connectivity index (χ2v) is 5.25. The molecule has 3 rings (SSSR count). The number of rotatable bonds is 2. The summed E-state index contributed by atoms with van der Waals surface area (Å²) in [5.74, 6) is 0.336. The highest BCUT2D eigenvalue weighted by atomic mass is 19.1. The van der Waals surface area contributed by atoms with Gasteiger partial charge in [0.05, 0.1) is 11.3 Å². The molecule has 1 saturated heterocycles. The molecule has 1 aromatic heterocycles. The van der Waals surface area contributed by atoms with Crippen molar-refractivity contribution in [1.29, 1.82) is 0 Å². The maximum Gasteiger partial charge on any atom is 0.257 e. The van der Waals surface area contributed by atoms with Crippen molar-refractivity contribution in [3.8, 4) is 0 Å². The van der Waals surface area contributed by atoms with Gasteiger partial charge in [-0.05, 0) is 19.1 Å². The van der Waals surface area contributed by atoms with Crippen LogP contribution in [0.5, 0.6) is 0 Å². The largest absolute Gasteiger partial charge is 0.366 e. The Balaban J connectivity index is 1.65. The summed E-state index contributed by atoms with van der Waals surface area (Å²) in [6.45, 7) is 4.11. The van der Waals surface area contributed by atoms with Gasteiger partial charge in [0, 0.05) is 38.6 Å². The van der Waals surface area contributed by atoms with Crippen molar-refractivity contribution in [2.45, 2.75) is 6.92 Å². The van der Waals surface area contributed by atoms with E-state index in [0.717, 1.165) is 0 Å². The SMILES string of the molecule is Cc1ncc(C(=O)N2CCN(c3ccccc3F)CC2)cn1. The van der Waals surface area contributed by atoms with Crippen LogP contribution in [0.4, 0.5) is 10.1 Å². The number of anilines is 1. The fraction of sp³-hybridized carbons (Fsp3) is 0.312. The van der Waals surface area contributed by atoms with Crippen LogP contribution in [0.15, 0.2) is 36.7 Å². The van der Waals surface area contributed by atoms with Crippen LogP contribution in [0.1, 0.15) is 16.2 Å². The number of carbonyl (C=O) groups excluding carboxylic acids is 1. The molecule has 0 saturated carbocycles.